The lowest BCUT2D eigenvalue weighted by atomic mass is 9.94. The first-order valence-electron chi connectivity index (χ1n) is 11.8. The molecule has 1 aliphatic rings. The number of nitrogens with one attached hydrogen (secondary N) is 1. The highest BCUT2D eigenvalue weighted by molar-refractivity contribution is 7.08. The van der Waals surface area contributed by atoms with Crippen LogP contribution in [0, 0.1) is 13.8 Å². The number of thiophene rings is 1. The molecule has 1 fully saturated rings. The van der Waals surface area contributed by atoms with Gasteiger partial charge in [-0.1, -0.05) is 61.7 Å². The molecule has 3 aromatic rings. The minimum atomic E-state index is -0.722. The monoisotopic (exact) mass is 460 g/mol. The zero-order valence-electron chi connectivity index (χ0n) is 19.4. The first kappa shape index (κ1) is 23.2. The quantitative estimate of drug-likeness (QED) is 0.461. The molecule has 2 aromatic carbocycles. The van der Waals surface area contributed by atoms with Gasteiger partial charge in [-0.2, -0.15) is 11.3 Å². The molecule has 1 atom stereocenters. The first-order chi connectivity index (χ1) is 16.0. The van der Waals surface area contributed by atoms with Gasteiger partial charge in [0, 0.05) is 11.7 Å². The van der Waals surface area contributed by atoms with Crippen LogP contribution in [0.25, 0.3) is 0 Å². The van der Waals surface area contributed by atoms with Crippen molar-refractivity contribution in [1.29, 1.82) is 0 Å². The number of carbonyl (C=O) groups is 2. The van der Waals surface area contributed by atoms with Crippen LogP contribution in [0.15, 0.2) is 65.4 Å². The molecule has 0 aliphatic heterocycles. The fourth-order valence-corrected chi connectivity index (χ4v) is 5.30. The van der Waals surface area contributed by atoms with Crippen molar-refractivity contribution in [3.8, 4) is 0 Å². The molecule has 0 unspecified atom stereocenters. The second-order valence-electron chi connectivity index (χ2n) is 9.02. The van der Waals surface area contributed by atoms with Crippen molar-refractivity contribution in [3.05, 3.63) is 87.6 Å². The number of hydrogen-bond donors (Lipinski definition) is 1. The van der Waals surface area contributed by atoms with Gasteiger partial charge in [0.15, 0.2) is 0 Å². The summed E-state index contributed by atoms with van der Waals surface area (Å²) in [4.78, 5) is 29.4. The Balaban J connectivity index is 1.77. The standard InChI is InChI=1S/C28H32N2O2S/c1-20-13-14-21(2)25(17-20)30(26(31)18-22-15-16-33-19-22)27(23-9-5-3-6-10-23)28(32)29-24-11-7-4-8-12-24/h3,5-6,9-10,13-17,19,24,27H,4,7-8,11-12,18H2,1-2H3,(H,29,32)/t27-/m1/s1. The van der Waals surface area contributed by atoms with E-state index in [1.54, 1.807) is 16.2 Å². The summed E-state index contributed by atoms with van der Waals surface area (Å²) < 4.78 is 0. The average Bonchev–Trinajstić information content (AvgIpc) is 3.33. The molecular weight excluding hydrogens is 428 g/mol. The molecule has 1 aromatic heterocycles. The smallest absolute Gasteiger partial charge is 0.248 e. The second-order valence-corrected chi connectivity index (χ2v) is 9.80. The Hall–Kier alpha value is -2.92. The van der Waals surface area contributed by atoms with E-state index >= 15 is 0 Å². The van der Waals surface area contributed by atoms with Gasteiger partial charge in [-0.15, -0.1) is 0 Å². The summed E-state index contributed by atoms with van der Waals surface area (Å²) in [5.74, 6) is -0.178. The van der Waals surface area contributed by atoms with E-state index in [-0.39, 0.29) is 24.3 Å². The summed E-state index contributed by atoms with van der Waals surface area (Å²) in [6, 6.07) is 17.2. The van der Waals surface area contributed by atoms with Gasteiger partial charge < -0.3 is 5.32 Å². The van der Waals surface area contributed by atoms with Crippen molar-refractivity contribution in [2.75, 3.05) is 4.90 Å². The molecule has 0 bridgehead atoms. The number of carbonyl (C=O) groups excluding carboxylic acids is 2. The van der Waals surface area contributed by atoms with E-state index in [4.69, 9.17) is 0 Å². The molecule has 1 N–H and O–H groups in total. The number of aryl methyl sites for hydroxylation is 2. The lowest BCUT2D eigenvalue weighted by Gasteiger charge is -2.34. The van der Waals surface area contributed by atoms with E-state index in [9.17, 15) is 9.59 Å². The lowest BCUT2D eigenvalue weighted by Crippen LogP contribution is -2.48. The molecule has 5 heteroatoms. The first-order valence-corrected chi connectivity index (χ1v) is 12.7. The maximum Gasteiger partial charge on any atom is 0.248 e. The van der Waals surface area contributed by atoms with Crippen molar-refractivity contribution in [3.63, 3.8) is 0 Å². The van der Waals surface area contributed by atoms with Crippen molar-refractivity contribution in [2.45, 2.75) is 64.5 Å². The molecule has 2 amide bonds. The second kappa shape index (κ2) is 10.8. The van der Waals surface area contributed by atoms with Gasteiger partial charge in [-0.3, -0.25) is 14.5 Å². The maximum atomic E-state index is 13.8. The summed E-state index contributed by atoms with van der Waals surface area (Å²) >= 11 is 1.58. The number of amides is 2. The van der Waals surface area contributed by atoms with Crippen molar-refractivity contribution in [1.82, 2.24) is 5.32 Å². The minimum absolute atomic E-state index is 0.0743. The van der Waals surface area contributed by atoms with Gasteiger partial charge in [0.2, 0.25) is 11.8 Å². The molecular formula is C28H32N2O2S. The SMILES string of the molecule is Cc1ccc(C)c(N(C(=O)Cc2ccsc2)[C@@H](C(=O)NC2CCCCC2)c2ccccc2)c1. The fraction of sp³-hybridized carbons (Fsp3) is 0.357. The molecule has 1 saturated carbocycles. The van der Waals surface area contributed by atoms with E-state index in [1.807, 2.05) is 79.2 Å². The summed E-state index contributed by atoms with van der Waals surface area (Å²) in [6.45, 7) is 4.02. The Morgan fingerprint density at radius 3 is 2.48 bits per heavy atom. The fourth-order valence-electron chi connectivity index (χ4n) is 4.63. The number of benzene rings is 2. The Labute approximate surface area is 200 Å². The van der Waals surface area contributed by atoms with Gasteiger partial charge >= 0.3 is 0 Å². The molecule has 0 saturated heterocycles. The lowest BCUT2D eigenvalue weighted by molar-refractivity contribution is -0.127. The Morgan fingerprint density at radius 2 is 1.79 bits per heavy atom. The van der Waals surface area contributed by atoms with Gasteiger partial charge in [-0.25, -0.2) is 0 Å². The van der Waals surface area contributed by atoms with Crippen LogP contribution in [0.4, 0.5) is 5.69 Å². The normalized spacial score (nSPS) is 15.1. The molecule has 33 heavy (non-hydrogen) atoms. The van der Waals surface area contributed by atoms with Crippen LogP contribution in [0.1, 0.15) is 60.4 Å². The zero-order chi connectivity index (χ0) is 23.2. The third kappa shape index (κ3) is 5.72. The molecule has 1 aliphatic carbocycles. The van der Waals surface area contributed by atoms with Crippen LogP contribution in [0.3, 0.4) is 0 Å². The number of rotatable bonds is 7. The van der Waals surface area contributed by atoms with Crippen LogP contribution in [0.2, 0.25) is 0 Å². The molecule has 4 rings (SSSR count). The summed E-state index contributed by atoms with van der Waals surface area (Å²) in [5, 5.41) is 7.27. The zero-order valence-corrected chi connectivity index (χ0v) is 20.2. The Bertz CT molecular complexity index is 1070. The van der Waals surface area contributed by atoms with Crippen molar-refractivity contribution < 1.29 is 9.59 Å². The van der Waals surface area contributed by atoms with E-state index in [2.05, 4.69) is 5.32 Å². The molecule has 1 heterocycles. The van der Waals surface area contributed by atoms with E-state index in [0.29, 0.717) is 0 Å². The van der Waals surface area contributed by atoms with Gasteiger partial charge in [0.05, 0.1) is 6.42 Å². The molecule has 4 nitrogen and oxygen atoms in total. The predicted octanol–water partition coefficient (Wildman–Crippen LogP) is 6.13. The Kier molecular flexibility index (Phi) is 7.61. The predicted molar refractivity (Wildman–Crippen MR) is 136 cm³/mol. The van der Waals surface area contributed by atoms with E-state index in [1.165, 1.54) is 6.42 Å². The topological polar surface area (TPSA) is 49.4 Å². The Morgan fingerprint density at radius 1 is 1.03 bits per heavy atom. The van der Waals surface area contributed by atoms with Crippen molar-refractivity contribution in [2.24, 2.45) is 0 Å². The number of hydrogen-bond acceptors (Lipinski definition) is 3. The number of nitrogens with zero attached hydrogens (tertiary/aromatic N) is 1. The minimum Gasteiger partial charge on any atom is -0.351 e. The summed E-state index contributed by atoms with van der Waals surface area (Å²) in [7, 11) is 0. The largest absolute Gasteiger partial charge is 0.351 e. The van der Waals surface area contributed by atoms with E-state index in [0.717, 1.165) is 53.6 Å². The highest BCUT2D eigenvalue weighted by Crippen LogP contribution is 2.32. The molecule has 172 valence electrons. The average molecular weight is 461 g/mol. The van der Waals surface area contributed by atoms with Crippen LogP contribution in [0.5, 0.6) is 0 Å². The third-order valence-electron chi connectivity index (χ3n) is 6.40. The van der Waals surface area contributed by atoms with Crippen LogP contribution >= 0.6 is 11.3 Å². The van der Waals surface area contributed by atoms with Crippen LogP contribution < -0.4 is 10.2 Å². The van der Waals surface area contributed by atoms with Crippen molar-refractivity contribution >= 4 is 28.8 Å². The third-order valence-corrected chi connectivity index (χ3v) is 7.13. The van der Waals surface area contributed by atoms with Crippen LogP contribution in [-0.4, -0.2) is 17.9 Å². The molecule has 0 spiro atoms. The number of anilines is 1. The highest BCUT2D eigenvalue weighted by atomic mass is 32.1. The van der Waals surface area contributed by atoms with Gasteiger partial charge in [0.25, 0.3) is 0 Å². The summed E-state index contributed by atoms with van der Waals surface area (Å²) in [6.07, 6.45) is 5.76. The summed E-state index contributed by atoms with van der Waals surface area (Å²) in [5.41, 5.74) is 4.63. The van der Waals surface area contributed by atoms with E-state index < -0.39 is 6.04 Å². The van der Waals surface area contributed by atoms with Gasteiger partial charge in [0.1, 0.15) is 6.04 Å². The molecule has 0 radical (unpaired) electrons. The van der Waals surface area contributed by atoms with Gasteiger partial charge in [-0.05, 0) is 71.8 Å². The highest BCUT2D eigenvalue weighted by Gasteiger charge is 2.34. The maximum absolute atomic E-state index is 13.8. The van der Waals surface area contributed by atoms with Crippen LogP contribution in [-0.2, 0) is 16.0 Å².